The lowest BCUT2D eigenvalue weighted by Gasteiger charge is -2.27. The van der Waals surface area contributed by atoms with Gasteiger partial charge < -0.3 is 10.0 Å². The molecule has 1 fully saturated rings. The molecule has 0 aromatic carbocycles. The molecule has 2 rings (SSSR count). The van der Waals surface area contributed by atoms with Crippen LogP contribution in [0.4, 0.5) is 0 Å². The third kappa shape index (κ3) is 3.95. The Morgan fingerprint density at radius 2 is 2.14 bits per heavy atom. The van der Waals surface area contributed by atoms with E-state index >= 15 is 0 Å². The van der Waals surface area contributed by atoms with Gasteiger partial charge in [0.25, 0.3) is 5.56 Å². The standard InChI is InChI=1S/C14H23N5O2S/c1-3-4-5-19-13(21)11(12(20)16-14(19)22)10-15-18-8-6-17(2)7-9-18/h10,21H,3-9H2,1-2H3,(H,16,20,22)/p+1/b15-10+. The van der Waals surface area contributed by atoms with Crippen LogP contribution in [0.25, 0.3) is 0 Å². The molecule has 0 atom stereocenters. The summed E-state index contributed by atoms with van der Waals surface area (Å²) in [5, 5.41) is 16.6. The SMILES string of the molecule is CCCCn1c(O)c(/C=N/N2CC[NH+](C)CC2)c(=O)[nH]c1=S. The number of quaternary nitrogens is 1. The fourth-order valence-corrected chi connectivity index (χ4v) is 2.62. The minimum absolute atomic E-state index is 0.106. The number of aromatic hydroxyl groups is 1. The van der Waals surface area contributed by atoms with Gasteiger partial charge in [0.05, 0.1) is 39.4 Å². The third-order valence-electron chi connectivity index (χ3n) is 3.89. The van der Waals surface area contributed by atoms with Gasteiger partial charge in [-0.1, -0.05) is 13.3 Å². The maximum atomic E-state index is 12.0. The molecule has 0 saturated carbocycles. The van der Waals surface area contributed by atoms with Gasteiger partial charge in [0, 0.05) is 6.54 Å². The summed E-state index contributed by atoms with van der Waals surface area (Å²) in [5.74, 6) is -0.106. The molecule has 0 radical (unpaired) electrons. The molecule has 0 bridgehead atoms. The van der Waals surface area contributed by atoms with Crippen LogP contribution in [0.3, 0.4) is 0 Å². The predicted octanol–water partition coefficient (Wildman–Crippen LogP) is -0.424. The summed E-state index contributed by atoms with van der Waals surface area (Å²) < 4.78 is 1.80. The highest BCUT2D eigenvalue weighted by molar-refractivity contribution is 7.71. The van der Waals surface area contributed by atoms with E-state index in [1.54, 1.807) is 4.57 Å². The fraction of sp³-hybridized carbons (Fsp3) is 0.643. The van der Waals surface area contributed by atoms with Crippen LogP contribution in [0.1, 0.15) is 25.3 Å². The van der Waals surface area contributed by atoms with Crippen molar-refractivity contribution in [3.8, 4) is 5.88 Å². The summed E-state index contributed by atoms with van der Waals surface area (Å²) in [6.07, 6.45) is 3.30. The van der Waals surface area contributed by atoms with Gasteiger partial charge in [-0.15, -0.1) is 0 Å². The molecule has 1 aliphatic rings. The zero-order chi connectivity index (χ0) is 16.1. The first-order chi connectivity index (χ1) is 10.5. The van der Waals surface area contributed by atoms with Gasteiger partial charge in [0.2, 0.25) is 5.88 Å². The normalized spacial score (nSPS) is 16.5. The summed E-state index contributed by atoms with van der Waals surface area (Å²) in [5.41, 5.74) is -0.241. The lowest BCUT2D eigenvalue weighted by molar-refractivity contribution is -0.884. The Morgan fingerprint density at radius 3 is 2.77 bits per heavy atom. The van der Waals surface area contributed by atoms with E-state index in [2.05, 4.69) is 24.1 Å². The predicted molar refractivity (Wildman–Crippen MR) is 88.2 cm³/mol. The minimum atomic E-state index is -0.404. The van der Waals surface area contributed by atoms with Crippen molar-refractivity contribution in [3.63, 3.8) is 0 Å². The number of hydrogen-bond donors (Lipinski definition) is 3. The number of hydrazone groups is 1. The number of aromatic amines is 1. The molecule has 1 aromatic rings. The summed E-state index contributed by atoms with van der Waals surface area (Å²) >= 11 is 5.11. The van der Waals surface area contributed by atoms with Crippen molar-refractivity contribution in [1.82, 2.24) is 14.6 Å². The summed E-state index contributed by atoms with van der Waals surface area (Å²) in [6, 6.07) is 0. The molecule has 8 heteroatoms. The Kier molecular flexibility index (Phi) is 5.73. The molecule has 1 aliphatic heterocycles. The smallest absolute Gasteiger partial charge is 0.264 e. The van der Waals surface area contributed by atoms with Crippen LogP contribution in [0.15, 0.2) is 9.90 Å². The van der Waals surface area contributed by atoms with Crippen molar-refractivity contribution >= 4 is 18.4 Å². The summed E-state index contributed by atoms with van der Waals surface area (Å²) in [6.45, 7) is 6.36. The molecule has 1 aromatic heterocycles. The number of nitrogens with zero attached hydrogens (tertiary/aromatic N) is 3. The van der Waals surface area contributed by atoms with Crippen molar-refractivity contribution in [2.24, 2.45) is 5.10 Å². The van der Waals surface area contributed by atoms with Crippen LogP contribution in [0.5, 0.6) is 5.88 Å². The lowest BCUT2D eigenvalue weighted by atomic mass is 10.3. The number of nitrogens with one attached hydrogen (secondary N) is 2. The van der Waals surface area contributed by atoms with Gasteiger partial charge in [-0.25, -0.2) is 0 Å². The Labute approximate surface area is 134 Å². The first-order valence-corrected chi connectivity index (χ1v) is 8.10. The van der Waals surface area contributed by atoms with Gasteiger partial charge in [0.15, 0.2) is 4.77 Å². The molecule has 2 heterocycles. The number of H-pyrrole nitrogens is 1. The van der Waals surface area contributed by atoms with E-state index in [1.807, 2.05) is 5.01 Å². The maximum Gasteiger partial charge on any atom is 0.264 e. The van der Waals surface area contributed by atoms with Crippen LogP contribution in [-0.4, -0.2) is 59.1 Å². The maximum absolute atomic E-state index is 12.0. The van der Waals surface area contributed by atoms with E-state index in [4.69, 9.17) is 12.2 Å². The van der Waals surface area contributed by atoms with Crippen molar-refractivity contribution in [3.05, 3.63) is 20.7 Å². The highest BCUT2D eigenvalue weighted by Crippen LogP contribution is 2.12. The molecule has 0 unspecified atom stereocenters. The zero-order valence-electron chi connectivity index (χ0n) is 13.1. The number of hydrogen-bond acceptors (Lipinski definition) is 5. The Bertz CT molecular complexity index is 644. The summed E-state index contributed by atoms with van der Waals surface area (Å²) in [4.78, 5) is 16.1. The second-order valence-corrected chi connectivity index (χ2v) is 6.04. The van der Waals surface area contributed by atoms with E-state index in [0.29, 0.717) is 6.54 Å². The average Bonchev–Trinajstić information content (AvgIpc) is 2.48. The molecule has 22 heavy (non-hydrogen) atoms. The van der Waals surface area contributed by atoms with E-state index in [1.165, 1.54) is 11.1 Å². The number of unbranched alkanes of at least 4 members (excludes halogenated alkanes) is 1. The quantitative estimate of drug-likeness (QED) is 0.507. The summed E-state index contributed by atoms with van der Waals surface area (Å²) in [7, 11) is 2.15. The van der Waals surface area contributed by atoms with E-state index in [0.717, 1.165) is 39.0 Å². The Morgan fingerprint density at radius 1 is 1.45 bits per heavy atom. The highest BCUT2D eigenvalue weighted by atomic mass is 32.1. The second kappa shape index (κ2) is 7.55. The molecule has 122 valence electrons. The number of piperazine rings is 1. The van der Waals surface area contributed by atoms with Gasteiger partial charge in [-0.05, 0) is 18.6 Å². The molecule has 7 nitrogen and oxygen atoms in total. The Balaban J connectivity index is 2.23. The van der Waals surface area contributed by atoms with Crippen LogP contribution in [0.2, 0.25) is 0 Å². The van der Waals surface area contributed by atoms with Gasteiger partial charge >= 0.3 is 0 Å². The number of rotatable bonds is 5. The molecule has 0 spiro atoms. The molecule has 0 amide bonds. The van der Waals surface area contributed by atoms with Crippen LogP contribution >= 0.6 is 12.2 Å². The first kappa shape index (κ1) is 16.7. The highest BCUT2D eigenvalue weighted by Gasteiger charge is 2.15. The molecule has 3 N–H and O–H groups in total. The number of likely N-dealkylation sites (N-methyl/N-ethyl adjacent to an activating group) is 1. The molecule has 1 saturated heterocycles. The first-order valence-electron chi connectivity index (χ1n) is 7.69. The van der Waals surface area contributed by atoms with E-state index in [9.17, 15) is 9.90 Å². The van der Waals surface area contributed by atoms with Crippen LogP contribution in [0, 0.1) is 4.77 Å². The fourth-order valence-electron chi connectivity index (χ4n) is 2.35. The van der Waals surface area contributed by atoms with Crippen molar-refractivity contribution in [1.29, 1.82) is 0 Å². The largest absolute Gasteiger partial charge is 0.494 e. The van der Waals surface area contributed by atoms with Crippen molar-refractivity contribution in [2.75, 3.05) is 33.2 Å². The van der Waals surface area contributed by atoms with E-state index < -0.39 is 5.56 Å². The van der Waals surface area contributed by atoms with Crippen molar-refractivity contribution in [2.45, 2.75) is 26.3 Å². The molecular formula is C14H24N5O2S+. The second-order valence-electron chi connectivity index (χ2n) is 5.66. The molecular weight excluding hydrogens is 302 g/mol. The average molecular weight is 326 g/mol. The topological polar surface area (TPSA) is 78.1 Å². The van der Waals surface area contributed by atoms with Gasteiger partial charge in [-0.2, -0.15) is 5.10 Å². The monoisotopic (exact) mass is 326 g/mol. The van der Waals surface area contributed by atoms with Crippen LogP contribution < -0.4 is 10.5 Å². The van der Waals surface area contributed by atoms with Crippen molar-refractivity contribution < 1.29 is 10.0 Å². The van der Waals surface area contributed by atoms with Gasteiger partial charge in [0.1, 0.15) is 5.56 Å². The lowest BCUT2D eigenvalue weighted by Crippen LogP contribution is -3.11. The minimum Gasteiger partial charge on any atom is -0.494 e. The van der Waals surface area contributed by atoms with E-state index in [-0.39, 0.29) is 16.2 Å². The number of aromatic nitrogens is 2. The zero-order valence-corrected chi connectivity index (χ0v) is 13.9. The van der Waals surface area contributed by atoms with Gasteiger partial charge in [-0.3, -0.25) is 19.4 Å². The Hall–Kier alpha value is -1.67. The third-order valence-corrected chi connectivity index (χ3v) is 4.21. The molecule has 0 aliphatic carbocycles. The van der Waals surface area contributed by atoms with Crippen LogP contribution in [-0.2, 0) is 6.54 Å².